The van der Waals surface area contributed by atoms with E-state index in [-0.39, 0.29) is 38.5 Å². The minimum absolute atomic E-state index is 0.00500. The molecular formula is C16H15Br2F2NO4. The van der Waals surface area contributed by atoms with Crippen molar-refractivity contribution in [3.63, 3.8) is 0 Å². The number of Topliss-reactive ketones (excluding diaryl/α,β-unsaturated/α-hetero) is 1. The Hall–Kier alpha value is -1.35. The first kappa shape index (κ1) is 20.0. The van der Waals surface area contributed by atoms with Crippen LogP contribution in [0.25, 0.3) is 0 Å². The molecule has 0 aliphatic heterocycles. The Labute approximate surface area is 159 Å². The molecule has 0 radical (unpaired) electrons. The molecule has 1 atom stereocenters. The lowest BCUT2D eigenvalue weighted by atomic mass is 9.90. The van der Waals surface area contributed by atoms with Crippen molar-refractivity contribution in [2.75, 3.05) is 6.61 Å². The molecule has 5 nitrogen and oxygen atoms in total. The first-order valence-electron chi connectivity index (χ1n) is 7.49. The highest BCUT2D eigenvalue weighted by atomic mass is 79.9. The topological polar surface area (TPSA) is 76.5 Å². The van der Waals surface area contributed by atoms with E-state index in [2.05, 4.69) is 36.6 Å². The third-order valence-electron chi connectivity index (χ3n) is 3.63. The number of nitrogens with one attached hydrogen (secondary N) is 1. The van der Waals surface area contributed by atoms with Gasteiger partial charge in [0.25, 0.3) is 0 Å². The van der Waals surface area contributed by atoms with Crippen molar-refractivity contribution >= 4 is 49.3 Å². The van der Waals surface area contributed by atoms with Gasteiger partial charge in [-0.1, -0.05) is 0 Å². The standard InChI is InChI=1S/C16H15Br2F2NO4/c1-2-24-15(23)10(12(21)7-3-4-7)13(22)8-5-6-9(17)14(11(8)18)25-16(19)20/h5-7,10,16,21H,2-4H2,1H3. The van der Waals surface area contributed by atoms with E-state index in [0.29, 0.717) is 0 Å². The van der Waals surface area contributed by atoms with Crippen LogP contribution in [0.1, 0.15) is 30.1 Å². The zero-order valence-electron chi connectivity index (χ0n) is 13.2. The first-order chi connectivity index (χ1) is 11.8. The van der Waals surface area contributed by atoms with Crippen molar-refractivity contribution < 1.29 is 27.8 Å². The van der Waals surface area contributed by atoms with Gasteiger partial charge in [0.2, 0.25) is 0 Å². The summed E-state index contributed by atoms with van der Waals surface area (Å²) in [6.07, 6.45) is 1.48. The van der Waals surface area contributed by atoms with Gasteiger partial charge in [0.1, 0.15) is 0 Å². The van der Waals surface area contributed by atoms with Gasteiger partial charge < -0.3 is 14.9 Å². The van der Waals surface area contributed by atoms with E-state index in [1.165, 1.54) is 12.1 Å². The molecule has 1 fully saturated rings. The zero-order chi connectivity index (χ0) is 18.7. The monoisotopic (exact) mass is 481 g/mol. The molecule has 0 heterocycles. The Morgan fingerprint density at radius 3 is 2.48 bits per heavy atom. The van der Waals surface area contributed by atoms with Crippen LogP contribution in [0.3, 0.4) is 0 Å². The lowest BCUT2D eigenvalue weighted by Crippen LogP contribution is -2.34. The van der Waals surface area contributed by atoms with Crippen molar-refractivity contribution in [1.29, 1.82) is 5.41 Å². The average molecular weight is 483 g/mol. The van der Waals surface area contributed by atoms with Gasteiger partial charge in [-0.2, -0.15) is 8.78 Å². The third-order valence-corrected chi connectivity index (χ3v) is 5.05. The summed E-state index contributed by atoms with van der Waals surface area (Å²) in [6, 6.07) is 2.75. The number of hydrogen-bond acceptors (Lipinski definition) is 5. The van der Waals surface area contributed by atoms with Crippen LogP contribution in [0.4, 0.5) is 8.78 Å². The van der Waals surface area contributed by atoms with Gasteiger partial charge in [-0.05, 0) is 69.7 Å². The van der Waals surface area contributed by atoms with Crippen LogP contribution in [0.15, 0.2) is 21.1 Å². The SMILES string of the molecule is CCOC(=O)C(C(=N)C1CC1)C(=O)c1ccc(Br)c(OC(F)F)c1Br. The number of esters is 1. The molecule has 1 aromatic carbocycles. The van der Waals surface area contributed by atoms with Crippen LogP contribution in [-0.2, 0) is 9.53 Å². The van der Waals surface area contributed by atoms with Gasteiger partial charge in [-0.15, -0.1) is 0 Å². The number of hydrogen-bond donors (Lipinski definition) is 1. The van der Waals surface area contributed by atoms with Crippen LogP contribution in [0.2, 0.25) is 0 Å². The van der Waals surface area contributed by atoms with E-state index in [1.54, 1.807) is 6.92 Å². The fourth-order valence-electron chi connectivity index (χ4n) is 2.31. The average Bonchev–Trinajstić information content (AvgIpc) is 3.36. The largest absolute Gasteiger partial charge is 0.465 e. The summed E-state index contributed by atoms with van der Waals surface area (Å²) in [5.41, 5.74) is -0.0306. The number of ether oxygens (including phenoxy) is 2. The van der Waals surface area contributed by atoms with Crippen LogP contribution in [0.5, 0.6) is 5.75 Å². The third kappa shape index (κ3) is 4.63. The highest BCUT2D eigenvalue weighted by Crippen LogP contribution is 2.39. The molecule has 0 saturated heterocycles. The highest BCUT2D eigenvalue weighted by molar-refractivity contribution is 9.11. The smallest absolute Gasteiger partial charge is 0.387 e. The molecule has 0 spiro atoms. The molecule has 1 N–H and O–H groups in total. The van der Waals surface area contributed by atoms with Gasteiger partial charge in [0.15, 0.2) is 17.5 Å². The summed E-state index contributed by atoms with van der Waals surface area (Å²) in [6.45, 7) is -1.41. The summed E-state index contributed by atoms with van der Waals surface area (Å²) in [7, 11) is 0. The second kappa shape index (κ2) is 8.35. The highest BCUT2D eigenvalue weighted by Gasteiger charge is 2.41. The minimum atomic E-state index is -3.08. The van der Waals surface area contributed by atoms with E-state index in [1.807, 2.05) is 0 Å². The maximum absolute atomic E-state index is 12.9. The lowest BCUT2D eigenvalue weighted by molar-refractivity contribution is -0.144. The molecule has 0 bridgehead atoms. The fraction of sp³-hybridized carbons (Fsp3) is 0.438. The molecule has 1 saturated carbocycles. The van der Waals surface area contributed by atoms with Crippen molar-refractivity contribution in [1.82, 2.24) is 0 Å². The normalized spacial score (nSPS) is 15.0. The van der Waals surface area contributed by atoms with E-state index in [4.69, 9.17) is 10.1 Å². The lowest BCUT2D eigenvalue weighted by Gasteiger charge is -2.18. The maximum atomic E-state index is 12.9. The molecule has 1 aliphatic carbocycles. The zero-order valence-corrected chi connectivity index (χ0v) is 16.3. The maximum Gasteiger partial charge on any atom is 0.387 e. The predicted molar refractivity (Wildman–Crippen MR) is 93.4 cm³/mol. The van der Waals surface area contributed by atoms with Gasteiger partial charge in [0.05, 0.1) is 15.6 Å². The first-order valence-corrected chi connectivity index (χ1v) is 9.08. The van der Waals surface area contributed by atoms with Crippen LogP contribution < -0.4 is 4.74 Å². The Morgan fingerprint density at radius 2 is 1.96 bits per heavy atom. The molecule has 0 aromatic heterocycles. The summed E-state index contributed by atoms with van der Waals surface area (Å²) in [4.78, 5) is 25.1. The molecule has 25 heavy (non-hydrogen) atoms. The minimum Gasteiger partial charge on any atom is -0.465 e. The molecule has 0 amide bonds. The molecule has 2 rings (SSSR count). The van der Waals surface area contributed by atoms with Gasteiger partial charge in [0, 0.05) is 11.3 Å². The molecule has 136 valence electrons. The van der Waals surface area contributed by atoms with Gasteiger partial charge >= 0.3 is 12.6 Å². The molecule has 9 heteroatoms. The number of rotatable bonds is 8. The molecule has 1 unspecified atom stereocenters. The van der Waals surface area contributed by atoms with Crippen molar-refractivity contribution in [2.24, 2.45) is 11.8 Å². The van der Waals surface area contributed by atoms with Gasteiger partial charge in [-0.25, -0.2) is 0 Å². The van der Waals surface area contributed by atoms with Crippen LogP contribution >= 0.6 is 31.9 Å². The summed E-state index contributed by atoms with van der Waals surface area (Å²) in [5.74, 6) is -3.25. The van der Waals surface area contributed by atoms with Gasteiger partial charge in [-0.3, -0.25) is 9.59 Å². The van der Waals surface area contributed by atoms with Crippen LogP contribution in [-0.4, -0.2) is 30.7 Å². The Bertz CT molecular complexity index is 708. The number of benzene rings is 1. The second-order valence-corrected chi connectivity index (χ2v) is 7.04. The number of alkyl halides is 2. The Kier molecular flexibility index (Phi) is 6.67. The number of carbonyl (C=O) groups excluding carboxylic acids is 2. The number of halogens is 4. The Morgan fingerprint density at radius 1 is 1.32 bits per heavy atom. The number of carbonyl (C=O) groups is 2. The molecule has 1 aliphatic rings. The fourth-order valence-corrected chi connectivity index (χ4v) is 3.63. The van der Waals surface area contributed by atoms with E-state index >= 15 is 0 Å². The Balaban J connectivity index is 2.41. The van der Waals surface area contributed by atoms with E-state index < -0.39 is 24.3 Å². The number of ketones is 1. The van der Waals surface area contributed by atoms with Crippen molar-refractivity contribution in [2.45, 2.75) is 26.4 Å². The predicted octanol–water partition coefficient (Wildman–Crippen LogP) is 4.60. The van der Waals surface area contributed by atoms with Crippen LogP contribution in [0, 0.1) is 17.2 Å². The summed E-state index contributed by atoms with van der Waals surface area (Å²) in [5, 5.41) is 8.13. The van der Waals surface area contributed by atoms with Crippen molar-refractivity contribution in [3.8, 4) is 5.75 Å². The van der Waals surface area contributed by atoms with E-state index in [0.717, 1.165) is 12.8 Å². The summed E-state index contributed by atoms with van der Waals surface area (Å²) >= 11 is 6.17. The second-order valence-electron chi connectivity index (χ2n) is 5.40. The summed E-state index contributed by atoms with van der Waals surface area (Å²) < 4.78 is 34.7. The quantitative estimate of drug-likeness (QED) is 0.254. The van der Waals surface area contributed by atoms with Crippen molar-refractivity contribution in [3.05, 3.63) is 26.6 Å². The molecular weight excluding hydrogens is 468 g/mol. The molecule has 1 aromatic rings. The van der Waals surface area contributed by atoms with E-state index in [9.17, 15) is 18.4 Å².